The van der Waals surface area contributed by atoms with Crippen LogP contribution in [0.15, 0.2) is 0 Å². The van der Waals surface area contributed by atoms with Crippen molar-refractivity contribution in [3.8, 4) is 0 Å². The summed E-state index contributed by atoms with van der Waals surface area (Å²) in [7, 11) is 0. The van der Waals surface area contributed by atoms with Gasteiger partial charge in [-0.3, -0.25) is 0 Å². The maximum atomic E-state index is 11.7. The highest BCUT2D eigenvalue weighted by Gasteiger charge is 2.30. The molecule has 0 spiro atoms. The highest BCUT2D eigenvalue weighted by molar-refractivity contribution is 7.99. The normalized spacial score (nSPS) is 25.1. The van der Waals surface area contributed by atoms with Gasteiger partial charge >= 0.3 is 6.03 Å². The zero-order valence-corrected chi connectivity index (χ0v) is 13.0. The molecule has 110 valence electrons. The molecule has 2 saturated heterocycles. The van der Waals surface area contributed by atoms with Gasteiger partial charge < -0.3 is 15.1 Å². The van der Waals surface area contributed by atoms with E-state index in [2.05, 4.69) is 35.8 Å². The van der Waals surface area contributed by atoms with Crippen LogP contribution >= 0.6 is 11.8 Å². The molecule has 1 N–H and O–H groups in total. The van der Waals surface area contributed by atoms with Crippen molar-refractivity contribution < 1.29 is 4.79 Å². The number of nitrogens with one attached hydrogen (secondary N) is 1. The summed E-state index contributed by atoms with van der Waals surface area (Å²) in [6.45, 7) is 9.69. The van der Waals surface area contributed by atoms with E-state index in [-0.39, 0.29) is 6.03 Å². The fourth-order valence-corrected chi connectivity index (χ4v) is 3.86. The molecule has 0 aliphatic carbocycles. The van der Waals surface area contributed by atoms with Crippen LogP contribution in [0, 0.1) is 5.92 Å². The van der Waals surface area contributed by atoms with Crippen LogP contribution in [-0.2, 0) is 0 Å². The van der Waals surface area contributed by atoms with Crippen LogP contribution in [0.1, 0.15) is 26.7 Å². The van der Waals surface area contributed by atoms with E-state index in [4.69, 9.17) is 0 Å². The Labute approximate surface area is 121 Å². The molecule has 0 saturated carbocycles. The lowest BCUT2D eigenvalue weighted by atomic mass is 10.0. The second kappa shape index (κ2) is 7.39. The molecule has 4 nitrogen and oxygen atoms in total. The first-order valence-electron chi connectivity index (χ1n) is 7.51. The van der Waals surface area contributed by atoms with E-state index < -0.39 is 0 Å². The summed E-state index contributed by atoms with van der Waals surface area (Å²) in [6.07, 6.45) is 2.40. The molecule has 0 bridgehead atoms. The molecule has 2 aliphatic rings. The van der Waals surface area contributed by atoms with Gasteiger partial charge in [-0.2, -0.15) is 11.8 Å². The number of likely N-dealkylation sites (tertiary alicyclic amines) is 1. The summed E-state index contributed by atoms with van der Waals surface area (Å²) in [6, 6.07) is 0.576. The van der Waals surface area contributed by atoms with Gasteiger partial charge in [-0.1, -0.05) is 13.8 Å². The summed E-state index contributed by atoms with van der Waals surface area (Å²) in [5.74, 6) is 3.26. The van der Waals surface area contributed by atoms with Gasteiger partial charge in [0, 0.05) is 38.0 Å². The standard InChI is InChI=1S/C14H27N3OS/c1-12(2)11-19-9-8-16-6-3-4-13(10-16)17-7-5-15-14(17)18/h12-13H,3-11H2,1-2H3,(H,15,18)/t13-/m0/s1. The Morgan fingerprint density at radius 2 is 2.26 bits per heavy atom. The zero-order valence-electron chi connectivity index (χ0n) is 12.2. The lowest BCUT2D eigenvalue weighted by Crippen LogP contribution is -2.49. The van der Waals surface area contributed by atoms with E-state index in [0.29, 0.717) is 6.04 Å². The molecular weight excluding hydrogens is 258 g/mol. The van der Waals surface area contributed by atoms with Crippen molar-refractivity contribution in [2.75, 3.05) is 44.2 Å². The van der Waals surface area contributed by atoms with Gasteiger partial charge in [0.15, 0.2) is 0 Å². The number of carbonyl (C=O) groups is 1. The van der Waals surface area contributed by atoms with E-state index in [1.165, 1.54) is 37.4 Å². The Hall–Kier alpha value is -0.420. The van der Waals surface area contributed by atoms with Crippen LogP contribution in [0.2, 0.25) is 0 Å². The number of amides is 2. The summed E-state index contributed by atoms with van der Waals surface area (Å²) < 4.78 is 0. The second-order valence-corrected chi connectivity index (χ2v) is 7.14. The first kappa shape index (κ1) is 15.0. The lowest BCUT2D eigenvalue weighted by molar-refractivity contribution is 0.131. The zero-order chi connectivity index (χ0) is 13.7. The average molecular weight is 285 g/mol. The van der Waals surface area contributed by atoms with Gasteiger partial charge in [0.1, 0.15) is 0 Å². The summed E-state index contributed by atoms with van der Waals surface area (Å²) in [4.78, 5) is 16.3. The third-order valence-corrected chi connectivity index (χ3v) is 5.19. The highest BCUT2D eigenvalue weighted by atomic mass is 32.2. The Morgan fingerprint density at radius 3 is 2.95 bits per heavy atom. The predicted octanol–water partition coefficient (Wildman–Crippen LogP) is 1.87. The Bertz CT molecular complexity index is 298. The van der Waals surface area contributed by atoms with Crippen molar-refractivity contribution in [2.24, 2.45) is 5.92 Å². The van der Waals surface area contributed by atoms with Crippen molar-refractivity contribution in [2.45, 2.75) is 32.7 Å². The van der Waals surface area contributed by atoms with Gasteiger partial charge in [0.25, 0.3) is 0 Å². The third kappa shape index (κ3) is 4.56. The number of carbonyl (C=O) groups excluding carboxylic acids is 1. The molecule has 19 heavy (non-hydrogen) atoms. The Morgan fingerprint density at radius 1 is 1.42 bits per heavy atom. The van der Waals surface area contributed by atoms with Gasteiger partial charge in [0.05, 0.1) is 0 Å². The largest absolute Gasteiger partial charge is 0.336 e. The van der Waals surface area contributed by atoms with E-state index in [1.807, 2.05) is 4.90 Å². The monoisotopic (exact) mass is 285 g/mol. The molecule has 0 radical (unpaired) electrons. The minimum atomic E-state index is 0.140. The van der Waals surface area contributed by atoms with Gasteiger partial charge in [-0.05, 0) is 31.1 Å². The molecule has 2 rings (SSSR count). The van der Waals surface area contributed by atoms with Gasteiger partial charge in [0.2, 0.25) is 0 Å². The first-order chi connectivity index (χ1) is 9.16. The molecule has 0 unspecified atom stereocenters. The summed E-state index contributed by atoms with van der Waals surface area (Å²) in [5.41, 5.74) is 0. The maximum Gasteiger partial charge on any atom is 0.317 e. The second-order valence-electron chi connectivity index (χ2n) is 5.99. The van der Waals surface area contributed by atoms with E-state index in [1.54, 1.807) is 0 Å². The van der Waals surface area contributed by atoms with Crippen molar-refractivity contribution in [3.63, 3.8) is 0 Å². The van der Waals surface area contributed by atoms with Crippen molar-refractivity contribution in [1.29, 1.82) is 0 Å². The highest BCUT2D eigenvalue weighted by Crippen LogP contribution is 2.18. The van der Waals surface area contributed by atoms with Crippen LogP contribution in [0.25, 0.3) is 0 Å². The minimum absolute atomic E-state index is 0.140. The molecule has 1 atom stereocenters. The number of hydrogen-bond acceptors (Lipinski definition) is 3. The number of urea groups is 1. The van der Waals surface area contributed by atoms with Crippen LogP contribution in [0.4, 0.5) is 4.79 Å². The first-order valence-corrected chi connectivity index (χ1v) is 8.67. The molecule has 2 amide bonds. The Kier molecular flexibility index (Phi) is 5.82. The van der Waals surface area contributed by atoms with Crippen LogP contribution in [0.5, 0.6) is 0 Å². The number of thioether (sulfide) groups is 1. The van der Waals surface area contributed by atoms with E-state index in [9.17, 15) is 4.79 Å². The molecule has 0 aromatic rings. The average Bonchev–Trinajstić information content (AvgIpc) is 2.81. The smallest absolute Gasteiger partial charge is 0.317 e. The third-order valence-electron chi connectivity index (χ3n) is 3.81. The molecule has 2 fully saturated rings. The summed E-state index contributed by atoms with van der Waals surface area (Å²) >= 11 is 2.05. The van der Waals surface area contributed by atoms with Crippen LogP contribution in [0.3, 0.4) is 0 Å². The van der Waals surface area contributed by atoms with Crippen LogP contribution < -0.4 is 5.32 Å². The number of hydrogen-bond donors (Lipinski definition) is 1. The van der Waals surface area contributed by atoms with Crippen LogP contribution in [-0.4, -0.2) is 66.1 Å². The molecule has 2 heterocycles. The fraction of sp³-hybridized carbons (Fsp3) is 0.929. The molecule has 5 heteroatoms. The van der Waals surface area contributed by atoms with Crippen molar-refractivity contribution >= 4 is 17.8 Å². The van der Waals surface area contributed by atoms with Crippen molar-refractivity contribution in [3.05, 3.63) is 0 Å². The van der Waals surface area contributed by atoms with E-state index >= 15 is 0 Å². The topological polar surface area (TPSA) is 35.6 Å². The SMILES string of the molecule is CC(C)CSCCN1CCC[C@H](N2CCNC2=O)C1. The maximum absolute atomic E-state index is 11.7. The molecule has 0 aromatic carbocycles. The number of nitrogens with zero attached hydrogens (tertiary/aromatic N) is 2. The predicted molar refractivity (Wildman–Crippen MR) is 81.7 cm³/mol. The lowest BCUT2D eigenvalue weighted by Gasteiger charge is -2.37. The number of piperidine rings is 1. The fourth-order valence-electron chi connectivity index (χ4n) is 2.84. The van der Waals surface area contributed by atoms with Gasteiger partial charge in [-0.25, -0.2) is 4.79 Å². The summed E-state index contributed by atoms with van der Waals surface area (Å²) in [5, 5.41) is 2.91. The molecule has 2 aliphatic heterocycles. The van der Waals surface area contributed by atoms with Gasteiger partial charge in [-0.15, -0.1) is 0 Å². The quantitative estimate of drug-likeness (QED) is 0.757. The minimum Gasteiger partial charge on any atom is -0.336 e. The van der Waals surface area contributed by atoms with Crippen molar-refractivity contribution in [1.82, 2.24) is 15.1 Å². The molecule has 0 aromatic heterocycles. The van der Waals surface area contributed by atoms with E-state index in [0.717, 1.165) is 25.6 Å². The Balaban J connectivity index is 1.70. The number of rotatable bonds is 6. The molecular formula is C14H27N3OS.